The number of nitrogens with one attached hydrogen (secondary N) is 1. The van der Waals surface area contributed by atoms with Crippen LogP contribution in [0.1, 0.15) is 23.0 Å². The van der Waals surface area contributed by atoms with E-state index in [1.165, 1.54) is 18.3 Å². The number of carbonyl (C=O) groups excluding carboxylic acids is 2. The summed E-state index contributed by atoms with van der Waals surface area (Å²) in [4.78, 5) is 38.4. The first kappa shape index (κ1) is 17.5. The van der Waals surface area contributed by atoms with E-state index in [2.05, 4.69) is 15.0 Å². The largest absolute Gasteiger partial charge is 0.467 e. The van der Waals surface area contributed by atoms with Crippen LogP contribution in [0, 0.1) is 0 Å². The van der Waals surface area contributed by atoms with E-state index in [0.29, 0.717) is 12.1 Å². The molecule has 138 valence electrons. The number of H-pyrrole nitrogens is 1. The molecule has 1 amide bonds. The number of aromatic amines is 1. The number of nitrogens with zero attached hydrogens (tertiary/aromatic N) is 3. The van der Waals surface area contributed by atoms with E-state index in [4.69, 9.17) is 16.3 Å². The summed E-state index contributed by atoms with van der Waals surface area (Å²) in [6, 6.07) is 8.20. The maximum Gasteiger partial charge on any atom is 0.328 e. The average Bonchev–Trinajstić information content (AvgIpc) is 3.10. The number of benzene rings is 1. The molecule has 1 aliphatic heterocycles. The van der Waals surface area contributed by atoms with Crippen LogP contribution in [0.5, 0.6) is 0 Å². The van der Waals surface area contributed by atoms with Gasteiger partial charge in [-0.1, -0.05) is 18.2 Å². The van der Waals surface area contributed by atoms with Crippen LogP contribution in [0.25, 0.3) is 10.9 Å². The van der Waals surface area contributed by atoms with Crippen LogP contribution in [0.15, 0.2) is 42.9 Å². The van der Waals surface area contributed by atoms with Crippen molar-refractivity contribution in [3.05, 3.63) is 59.8 Å². The Bertz CT molecular complexity index is 1000. The lowest BCUT2D eigenvalue weighted by Gasteiger charge is -2.40. The molecule has 3 heterocycles. The van der Waals surface area contributed by atoms with Crippen molar-refractivity contribution in [2.45, 2.75) is 18.5 Å². The minimum Gasteiger partial charge on any atom is -0.467 e. The zero-order valence-corrected chi connectivity index (χ0v) is 15.3. The summed E-state index contributed by atoms with van der Waals surface area (Å²) < 4.78 is 4.98. The van der Waals surface area contributed by atoms with Gasteiger partial charge in [-0.05, 0) is 17.7 Å². The van der Waals surface area contributed by atoms with Gasteiger partial charge in [-0.2, -0.15) is 0 Å². The van der Waals surface area contributed by atoms with Gasteiger partial charge in [0.1, 0.15) is 24.3 Å². The molecule has 27 heavy (non-hydrogen) atoms. The smallest absolute Gasteiger partial charge is 0.328 e. The Kier molecular flexibility index (Phi) is 4.53. The van der Waals surface area contributed by atoms with E-state index in [1.807, 2.05) is 24.3 Å². The number of fused-ring (bicyclic) bond motifs is 3. The third-order valence-electron chi connectivity index (χ3n) is 4.89. The first-order chi connectivity index (χ1) is 13.2. The van der Waals surface area contributed by atoms with Crippen LogP contribution in [-0.2, 0) is 20.7 Å². The number of hydrogen-bond acceptors (Lipinski definition) is 5. The predicted octanol–water partition coefficient (Wildman–Crippen LogP) is 2.21. The van der Waals surface area contributed by atoms with E-state index in [1.54, 1.807) is 12.3 Å². The molecule has 0 saturated heterocycles. The van der Waals surface area contributed by atoms with Gasteiger partial charge >= 0.3 is 5.97 Å². The predicted molar refractivity (Wildman–Crippen MR) is 99.2 cm³/mol. The van der Waals surface area contributed by atoms with Gasteiger partial charge in [0.25, 0.3) is 0 Å². The fourth-order valence-corrected chi connectivity index (χ4v) is 3.90. The van der Waals surface area contributed by atoms with Crippen molar-refractivity contribution in [3.8, 4) is 0 Å². The fourth-order valence-electron chi connectivity index (χ4n) is 3.76. The highest BCUT2D eigenvalue weighted by atomic mass is 35.5. The molecule has 1 aliphatic rings. The van der Waals surface area contributed by atoms with Crippen LogP contribution in [0.3, 0.4) is 0 Å². The number of alkyl halides is 1. The van der Waals surface area contributed by atoms with Crippen molar-refractivity contribution in [3.63, 3.8) is 0 Å². The molecule has 1 unspecified atom stereocenters. The molecule has 0 aliphatic carbocycles. The number of aromatic nitrogens is 3. The number of carbonyl (C=O) groups is 2. The molecule has 4 rings (SSSR count). The molecule has 3 aromatic rings. The second kappa shape index (κ2) is 7.00. The highest BCUT2D eigenvalue weighted by Crippen LogP contribution is 2.40. The minimum absolute atomic E-state index is 0.245. The Morgan fingerprint density at radius 3 is 2.85 bits per heavy atom. The highest BCUT2D eigenvalue weighted by Gasteiger charge is 2.44. The molecule has 8 heteroatoms. The van der Waals surface area contributed by atoms with Gasteiger partial charge in [0.05, 0.1) is 12.8 Å². The Balaban J connectivity index is 1.98. The van der Waals surface area contributed by atoms with Gasteiger partial charge in [0.2, 0.25) is 5.91 Å². The maximum absolute atomic E-state index is 12.7. The van der Waals surface area contributed by atoms with Crippen molar-refractivity contribution >= 4 is 34.4 Å². The van der Waals surface area contributed by atoms with E-state index in [-0.39, 0.29) is 11.8 Å². The molecule has 0 bridgehead atoms. The van der Waals surface area contributed by atoms with E-state index >= 15 is 0 Å². The molecule has 0 saturated carbocycles. The van der Waals surface area contributed by atoms with Crippen LogP contribution >= 0.6 is 11.6 Å². The van der Waals surface area contributed by atoms with Gasteiger partial charge in [-0.3, -0.25) is 4.79 Å². The Hall–Kier alpha value is -2.93. The van der Waals surface area contributed by atoms with Crippen molar-refractivity contribution in [2.75, 3.05) is 13.0 Å². The van der Waals surface area contributed by atoms with E-state index in [9.17, 15) is 9.59 Å². The standard InChI is InChI=1S/C19H17ClN4O3/c1-27-19(26)15-8-12-11-4-2-3-5-13(11)23-17(12)18(24(15)16(25)9-20)14-6-7-21-10-22-14/h2-7,10,15,18,23H,8-9H2,1H3/t15-,18?/m0/s1. The molecule has 1 N–H and O–H groups in total. The van der Waals surface area contributed by atoms with Gasteiger partial charge in [0.15, 0.2) is 0 Å². The monoisotopic (exact) mass is 384 g/mol. The van der Waals surface area contributed by atoms with Crippen molar-refractivity contribution in [1.82, 2.24) is 19.9 Å². The lowest BCUT2D eigenvalue weighted by Crippen LogP contribution is -2.52. The molecule has 0 fully saturated rings. The molecule has 7 nitrogen and oxygen atoms in total. The molecule has 1 aromatic carbocycles. The lowest BCUT2D eigenvalue weighted by atomic mass is 9.90. The quantitative estimate of drug-likeness (QED) is 0.552. The zero-order chi connectivity index (χ0) is 19.0. The average molecular weight is 385 g/mol. The number of methoxy groups -OCH3 is 1. The number of rotatable bonds is 3. The van der Waals surface area contributed by atoms with Gasteiger partial charge < -0.3 is 14.6 Å². The summed E-state index contributed by atoms with van der Waals surface area (Å²) >= 11 is 5.87. The second-order valence-corrected chi connectivity index (χ2v) is 6.54. The van der Waals surface area contributed by atoms with Gasteiger partial charge in [-0.25, -0.2) is 14.8 Å². The first-order valence-electron chi connectivity index (χ1n) is 8.46. The third kappa shape index (κ3) is 2.84. The summed E-state index contributed by atoms with van der Waals surface area (Å²) in [7, 11) is 1.32. The molecule has 2 aromatic heterocycles. The Morgan fingerprint density at radius 1 is 1.33 bits per heavy atom. The van der Waals surface area contributed by atoms with Gasteiger partial charge in [0, 0.05) is 29.2 Å². The number of amides is 1. The summed E-state index contributed by atoms with van der Waals surface area (Å²) in [5.74, 6) is -1.09. The summed E-state index contributed by atoms with van der Waals surface area (Å²) in [6.07, 6.45) is 3.37. The Labute approximate surface area is 160 Å². The van der Waals surface area contributed by atoms with Crippen LogP contribution in [-0.4, -0.2) is 50.8 Å². The fraction of sp³-hybridized carbons (Fsp3) is 0.263. The molecular formula is C19H17ClN4O3. The minimum atomic E-state index is -0.784. The maximum atomic E-state index is 12.7. The molecule has 0 radical (unpaired) electrons. The summed E-state index contributed by atoms with van der Waals surface area (Å²) in [5.41, 5.74) is 3.34. The number of halogens is 1. The van der Waals surface area contributed by atoms with Crippen LogP contribution < -0.4 is 0 Å². The van der Waals surface area contributed by atoms with Crippen molar-refractivity contribution < 1.29 is 14.3 Å². The summed E-state index contributed by atoms with van der Waals surface area (Å²) in [5, 5.41) is 1.01. The lowest BCUT2D eigenvalue weighted by molar-refractivity contribution is -0.154. The SMILES string of the molecule is COC(=O)[C@@H]1Cc2c([nH]c3ccccc23)C(c2ccncn2)N1C(=O)CCl. The van der Waals surface area contributed by atoms with E-state index < -0.39 is 18.1 Å². The van der Waals surface area contributed by atoms with Crippen LogP contribution in [0.2, 0.25) is 0 Å². The van der Waals surface area contributed by atoms with Crippen molar-refractivity contribution in [1.29, 1.82) is 0 Å². The molecular weight excluding hydrogens is 368 g/mol. The van der Waals surface area contributed by atoms with E-state index in [0.717, 1.165) is 22.2 Å². The van der Waals surface area contributed by atoms with Gasteiger partial charge in [-0.15, -0.1) is 11.6 Å². The summed E-state index contributed by atoms with van der Waals surface area (Å²) in [6.45, 7) is 0. The second-order valence-electron chi connectivity index (χ2n) is 6.28. The Morgan fingerprint density at radius 2 is 2.15 bits per heavy atom. The van der Waals surface area contributed by atoms with Crippen molar-refractivity contribution in [2.24, 2.45) is 0 Å². The zero-order valence-electron chi connectivity index (χ0n) is 14.6. The molecule has 0 spiro atoms. The normalized spacial score (nSPS) is 19.0. The number of ether oxygens (including phenoxy) is 1. The number of hydrogen-bond donors (Lipinski definition) is 1. The molecule has 2 atom stereocenters. The first-order valence-corrected chi connectivity index (χ1v) is 8.99. The number of esters is 1. The topological polar surface area (TPSA) is 88.2 Å². The highest BCUT2D eigenvalue weighted by molar-refractivity contribution is 6.27. The van der Waals surface area contributed by atoms with Crippen LogP contribution in [0.4, 0.5) is 0 Å². The third-order valence-corrected chi connectivity index (χ3v) is 5.12. The number of para-hydroxylation sites is 1.